The van der Waals surface area contributed by atoms with Crippen LogP contribution in [0.25, 0.3) is 0 Å². The van der Waals surface area contributed by atoms with Gasteiger partial charge < -0.3 is 24.4 Å². The Labute approximate surface area is 176 Å². The zero-order chi connectivity index (χ0) is 21.6. The third-order valence-electron chi connectivity index (χ3n) is 4.70. The molecule has 1 amide bonds. The highest BCUT2D eigenvalue weighted by molar-refractivity contribution is 6.07. The van der Waals surface area contributed by atoms with E-state index in [1.807, 2.05) is 45.0 Å². The maximum Gasteiger partial charge on any atom is 0.344 e. The number of nitrogens with zero attached hydrogens (tertiary/aromatic N) is 1. The second-order valence-electron chi connectivity index (χ2n) is 7.49. The first-order valence-corrected chi connectivity index (χ1v) is 10.1. The third-order valence-corrected chi connectivity index (χ3v) is 4.70. The lowest BCUT2D eigenvalue weighted by atomic mass is 9.98. The lowest BCUT2D eigenvalue weighted by Crippen LogP contribution is -2.54. The average Bonchev–Trinajstić information content (AvgIpc) is 2.73. The Bertz CT molecular complexity index is 879. The molecule has 0 fully saturated rings. The monoisotopic (exact) mass is 412 g/mol. The fourth-order valence-corrected chi connectivity index (χ4v) is 3.26. The minimum Gasteiger partial charge on any atom is -0.494 e. The molecule has 3 rings (SSSR count). The number of ether oxygens (including phenoxy) is 3. The van der Waals surface area contributed by atoms with E-state index in [4.69, 9.17) is 14.2 Å². The number of rotatable bonds is 9. The fourth-order valence-electron chi connectivity index (χ4n) is 3.26. The molecule has 7 heteroatoms. The molecule has 0 bridgehead atoms. The number of carbonyl (C=O) groups is 2. The van der Waals surface area contributed by atoms with Crippen molar-refractivity contribution in [1.29, 1.82) is 0 Å². The van der Waals surface area contributed by atoms with E-state index in [1.165, 1.54) is 0 Å². The predicted octanol–water partition coefficient (Wildman–Crippen LogP) is 3.63. The summed E-state index contributed by atoms with van der Waals surface area (Å²) < 4.78 is 16.1. The van der Waals surface area contributed by atoms with E-state index >= 15 is 0 Å². The Morgan fingerprint density at radius 1 is 1.03 bits per heavy atom. The quantitative estimate of drug-likeness (QED) is 0.501. The van der Waals surface area contributed by atoms with E-state index in [0.29, 0.717) is 25.3 Å². The maximum atomic E-state index is 12.8. The summed E-state index contributed by atoms with van der Waals surface area (Å²) in [5.74, 6) is 0.864. The van der Waals surface area contributed by atoms with Crippen molar-refractivity contribution in [2.24, 2.45) is 0 Å². The largest absolute Gasteiger partial charge is 0.494 e. The van der Waals surface area contributed by atoms with E-state index in [-0.39, 0.29) is 19.1 Å². The first kappa shape index (κ1) is 21.5. The van der Waals surface area contributed by atoms with Crippen LogP contribution in [0.2, 0.25) is 0 Å². The van der Waals surface area contributed by atoms with Gasteiger partial charge in [-0.05, 0) is 63.6 Å². The Morgan fingerprint density at radius 3 is 2.40 bits per heavy atom. The van der Waals surface area contributed by atoms with E-state index in [1.54, 1.807) is 29.2 Å². The van der Waals surface area contributed by atoms with Gasteiger partial charge in [0.05, 0.1) is 24.6 Å². The van der Waals surface area contributed by atoms with Crippen molar-refractivity contribution in [2.75, 3.05) is 36.6 Å². The van der Waals surface area contributed by atoms with Gasteiger partial charge in [-0.3, -0.25) is 4.79 Å². The first-order chi connectivity index (χ1) is 14.4. The molecule has 7 nitrogen and oxygen atoms in total. The molecule has 2 aromatic rings. The zero-order valence-corrected chi connectivity index (χ0v) is 17.6. The van der Waals surface area contributed by atoms with E-state index in [2.05, 4.69) is 5.32 Å². The Morgan fingerprint density at radius 2 is 1.70 bits per heavy atom. The molecule has 0 aromatic heterocycles. The molecule has 0 saturated carbocycles. The highest BCUT2D eigenvalue weighted by atomic mass is 16.6. The van der Waals surface area contributed by atoms with Gasteiger partial charge in [-0.25, -0.2) is 4.79 Å². The lowest BCUT2D eigenvalue weighted by molar-refractivity contribution is -0.146. The summed E-state index contributed by atoms with van der Waals surface area (Å²) >= 11 is 0. The number of nitrogens with one attached hydrogen (secondary N) is 1. The summed E-state index contributed by atoms with van der Waals surface area (Å²) in [6.45, 7) is 6.73. The SMILES string of the molecule is CCOc1ccc(OCC(=O)OCCCN2C(=O)C(C)(C)Nc3ccccc32)cc1. The number of para-hydroxylation sites is 2. The number of carbonyl (C=O) groups excluding carboxylic acids is 2. The topological polar surface area (TPSA) is 77.1 Å². The van der Waals surface area contributed by atoms with Crippen LogP contribution in [0.5, 0.6) is 11.5 Å². The second kappa shape index (κ2) is 9.52. The Hall–Kier alpha value is -3.22. The number of fused-ring (bicyclic) bond motifs is 1. The number of hydrogen-bond acceptors (Lipinski definition) is 6. The number of amides is 1. The summed E-state index contributed by atoms with van der Waals surface area (Å²) in [5, 5.41) is 3.27. The van der Waals surface area contributed by atoms with Gasteiger partial charge in [0.25, 0.3) is 5.91 Å². The summed E-state index contributed by atoms with van der Waals surface area (Å²) in [5.41, 5.74) is 1.08. The lowest BCUT2D eigenvalue weighted by Gasteiger charge is -2.39. The highest BCUT2D eigenvalue weighted by Crippen LogP contribution is 2.34. The molecule has 160 valence electrons. The van der Waals surface area contributed by atoms with Gasteiger partial charge in [-0.1, -0.05) is 12.1 Å². The van der Waals surface area contributed by atoms with Gasteiger partial charge in [0.2, 0.25) is 0 Å². The van der Waals surface area contributed by atoms with E-state index in [9.17, 15) is 9.59 Å². The van der Waals surface area contributed by atoms with Crippen LogP contribution in [-0.2, 0) is 14.3 Å². The summed E-state index contributed by atoms with van der Waals surface area (Å²) in [4.78, 5) is 26.5. The van der Waals surface area contributed by atoms with Gasteiger partial charge in [0.15, 0.2) is 6.61 Å². The van der Waals surface area contributed by atoms with Gasteiger partial charge >= 0.3 is 5.97 Å². The first-order valence-electron chi connectivity index (χ1n) is 10.1. The molecular formula is C23H28N2O5. The fraction of sp³-hybridized carbons (Fsp3) is 0.391. The van der Waals surface area contributed by atoms with Crippen molar-refractivity contribution in [2.45, 2.75) is 32.7 Å². The molecule has 0 spiro atoms. The van der Waals surface area contributed by atoms with Crippen LogP contribution in [-0.4, -0.2) is 43.8 Å². The predicted molar refractivity (Wildman–Crippen MR) is 115 cm³/mol. The minimum atomic E-state index is -0.684. The molecule has 0 radical (unpaired) electrons. The maximum absolute atomic E-state index is 12.8. The number of esters is 1. The molecule has 1 aliphatic rings. The van der Waals surface area contributed by atoms with E-state index in [0.717, 1.165) is 17.1 Å². The van der Waals surface area contributed by atoms with Gasteiger partial charge in [0.1, 0.15) is 17.0 Å². The van der Waals surface area contributed by atoms with Gasteiger partial charge in [-0.15, -0.1) is 0 Å². The van der Waals surface area contributed by atoms with Gasteiger partial charge in [0, 0.05) is 6.54 Å². The number of hydrogen-bond donors (Lipinski definition) is 1. The molecular weight excluding hydrogens is 384 g/mol. The number of anilines is 2. The summed E-state index contributed by atoms with van der Waals surface area (Å²) in [6.07, 6.45) is 0.533. The van der Waals surface area contributed by atoms with Crippen LogP contribution in [0.15, 0.2) is 48.5 Å². The molecule has 1 aliphatic heterocycles. The van der Waals surface area contributed by atoms with Crippen LogP contribution in [0.4, 0.5) is 11.4 Å². The van der Waals surface area contributed by atoms with Crippen molar-refractivity contribution < 1.29 is 23.8 Å². The standard InChI is InChI=1S/C23H28N2O5/c1-4-28-17-10-12-18(13-11-17)30-16-21(26)29-15-7-14-25-20-9-6-5-8-19(20)24-23(2,3)22(25)27/h5-6,8-13,24H,4,7,14-16H2,1-3H3. The minimum absolute atomic E-state index is 0.00800. The Kier molecular flexibility index (Phi) is 6.82. The van der Waals surface area contributed by atoms with Crippen molar-refractivity contribution in [1.82, 2.24) is 0 Å². The van der Waals surface area contributed by atoms with Crippen LogP contribution in [0, 0.1) is 0 Å². The molecule has 0 aliphatic carbocycles. The van der Waals surface area contributed by atoms with Crippen LogP contribution < -0.4 is 19.7 Å². The van der Waals surface area contributed by atoms with Crippen molar-refractivity contribution in [3.05, 3.63) is 48.5 Å². The summed E-state index contributed by atoms with van der Waals surface area (Å²) in [6, 6.07) is 14.8. The number of benzene rings is 2. The van der Waals surface area contributed by atoms with Crippen molar-refractivity contribution in [3.63, 3.8) is 0 Å². The van der Waals surface area contributed by atoms with Crippen molar-refractivity contribution in [3.8, 4) is 11.5 Å². The van der Waals surface area contributed by atoms with Crippen LogP contribution in [0.1, 0.15) is 27.2 Å². The summed E-state index contributed by atoms with van der Waals surface area (Å²) in [7, 11) is 0. The molecule has 0 atom stereocenters. The molecule has 1 heterocycles. The average molecular weight is 412 g/mol. The van der Waals surface area contributed by atoms with E-state index < -0.39 is 11.5 Å². The van der Waals surface area contributed by atoms with Crippen molar-refractivity contribution >= 4 is 23.3 Å². The third kappa shape index (κ3) is 5.23. The zero-order valence-electron chi connectivity index (χ0n) is 17.6. The molecule has 30 heavy (non-hydrogen) atoms. The smallest absolute Gasteiger partial charge is 0.344 e. The molecule has 0 unspecified atom stereocenters. The molecule has 0 saturated heterocycles. The normalized spacial score (nSPS) is 14.5. The van der Waals surface area contributed by atoms with Gasteiger partial charge in [-0.2, -0.15) is 0 Å². The van der Waals surface area contributed by atoms with Crippen LogP contribution in [0.3, 0.4) is 0 Å². The van der Waals surface area contributed by atoms with Crippen LogP contribution >= 0.6 is 0 Å². The second-order valence-corrected chi connectivity index (χ2v) is 7.49. The highest BCUT2D eigenvalue weighted by Gasteiger charge is 2.38. The molecule has 1 N–H and O–H groups in total. The Balaban J connectivity index is 1.44. The molecule has 2 aromatic carbocycles.